The van der Waals surface area contributed by atoms with E-state index in [4.69, 9.17) is 4.98 Å². The molecule has 0 aliphatic rings. The summed E-state index contributed by atoms with van der Waals surface area (Å²) in [5, 5.41) is 4.25. The Hall–Kier alpha value is -2.64. The fourth-order valence-corrected chi connectivity index (χ4v) is 5.12. The van der Waals surface area contributed by atoms with Crippen molar-refractivity contribution in [3.8, 4) is 0 Å². The third-order valence-corrected chi connectivity index (χ3v) is 7.05. The number of anilines is 1. The number of hydrogen-bond donors (Lipinski definition) is 1. The molecule has 1 aromatic heterocycles. The number of hydrogen-bond acceptors (Lipinski definition) is 5. The van der Waals surface area contributed by atoms with Crippen LogP contribution in [0.3, 0.4) is 0 Å². The van der Waals surface area contributed by atoms with E-state index in [2.05, 4.69) is 44.8 Å². The Morgan fingerprint density at radius 1 is 1.09 bits per heavy atom. The van der Waals surface area contributed by atoms with Gasteiger partial charge in [-0.2, -0.15) is 0 Å². The molecule has 0 saturated carbocycles. The molecule has 6 nitrogen and oxygen atoms in total. The fourth-order valence-electron chi connectivity index (χ4n) is 4.29. The number of fused-ring (bicyclic) bond motifs is 1. The maximum atomic E-state index is 13.4. The van der Waals surface area contributed by atoms with Crippen LogP contribution in [0.1, 0.15) is 45.7 Å². The van der Waals surface area contributed by atoms with Crippen LogP contribution in [-0.4, -0.2) is 44.7 Å². The summed E-state index contributed by atoms with van der Waals surface area (Å²) in [5.41, 5.74) is 3.63. The number of benzene rings is 2. The summed E-state index contributed by atoms with van der Waals surface area (Å²) in [5.74, 6) is 0.0781. The van der Waals surface area contributed by atoms with Gasteiger partial charge in [0.2, 0.25) is 5.91 Å². The quantitative estimate of drug-likeness (QED) is 0.322. The van der Waals surface area contributed by atoms with Crippen molar-refractivity contribution in [3.63, 3.8) is 0 Å². The van der Waals surface area contributed by atoms with Crippen molar-refractivity contribution in [3.05, 3.63) is 63.9 Å². The summed E-state index contributed by atoms with van der Waals surface area (Å²) in [6.07, 6.45) is 0.846. The third-order valence-electron chi connectivity index (χ3n) is 6.07. The van der Waals surface area contributed by atoms with E-state index in [-0.39, 0.29) is 17.2 Å². The Kier molecular flexibility index (Phi) is 8.91. The molecule has 182 valence electrons. The normalized spacial score (nSPS) is 11.7. The standard InChI is InChI=1S/C27H36N4O2S/c1-7-21-12-10-11-20(6)25(21)29-24(32)17-34-27-28-23-14-9-8-13-22(23)26(33)31(27)16-15-30(18(2)3)19(4)5/h8-14,18-19H,7,15-17H2,1-6H3,(H,29,32). The maximum Gasteiger partial charge on any atom is 0.262 e. The summed E-state index contributed by atoms with van der Waals surface area (Å²) < 4.78 is 1.73. The van der Waals surface area contributed by atoms with Crippen LogP contribution < -0.4 is 10.9 Å². The third kappa shape index (κ3) is 6.07. The molecular formula is C27H36N4O2S. The molecule has 0 saturated heterocycles. The number of para-hydroxylation sites is 2. The summed E-state index contributed by atoms with van der Waals surface area (Å²) in [6, 6.07) is 14.2. The van der Waals surface area contributed by atoms with E-state index >= 15 is 0 Å². The molecule has 0 fully saturated rings. The molecule has 0 atom stereocenters. The van der Waals surface area contributed by atoms with Crippen LogP contribution in [0.15, 0.2) is 52.4 Å². The van der Waals surface area contributed by atoms with E-state index in [1.54, 1.807) is 4.57 Å². The molecule has 0 aliphatic heterocycles. The second-order valence-electron chi connectivity index (χ2n) is 9.09. The lowest BCUT2D eigenvalue weighted by Gasteiger charge is -2.30. The molecule has 0 spiro atoms. The van der Waals surface area contributed by atoms with Gasteiger partial charge < -0.3 is 5.32 Å². The van der Waals surface area contributed by atoms with E-state index in [1.165, 1.54) is 11.8 Å². The van der Waals surface area contributed by atoms with Gasteiger partial charge in [-0.3, -0.25) is 19.1 Å². The molecule has 0 aliphatic carbocycles. The van der Waals surface area contributed by atoms with Crippen molar-refractivity contribution in [2.45, 2.75) is 71.7 Å². The minimum atomic E-state index is -0.103. The number of aromatic nitrogens is 2. The second kappa shape index (κ2) is 11.7. The van der Waals surface area contributed by atoms with E-state index < -0.39 is 0 Å². The number of nitrogens with one attached hydrogen (secondary N) is 1. The van der Waals surface area contributed by atoms with E-state index in [0.29, 0.717) is 34.7 Å². The first kappa shape index (κ1) is 26.0. The highest BCUT2D eigenvalue weighted by Gasteiger charge is 2.18. The monoisotopic (exact) mass is 480 g/mol. The first-order valence-electron chi connectivity index (χ1n) is 12.0. The summed E-state index contributed by atoms with van der Waals surface area (Å²) in [7, 11) is 0. The van der Waals surface area contributed by atoms with Crippen molar-refractivity contribution >= 4 is 34.3 Å². The smallest absolute Gasteiger partial charge is 0.262 e. The molecule has 3 aromatic rings. The largest absolute Gasteiger partial charge is 0.325 e. The zero-order valence-electron chi connectivity index (χ0n) is 21.1. The van der Waals surface area contributed by atoms with Gasteiger partial charge in [0.05, 0.1) is 16.7 Å². The molecular weight excluding hydrogens is 444 g/mol. The van der Waals surface area contributed by atoms with E-state index in [1.807, 2.05) is 49.4 Å². The SMILES string of the molecule is CCc1cccc(C)c1NC(=O)CSc1nc2ccccc2c(=O)n1CCN(C(C)C)C(C)C. The number of nitrogens with zero attached hydrogens (tertiary/aromatic N) is 3. The van der Waals surface area contributed by atoms with Gasteiger partial charge in [0.1, 0.15) is 0 Å². The average Bonchev–Trinajstić information content (AvgIpc) is 2.80. The van der Waals surface area contributed by atoms with Gasteiger partial charge in [0.15, 0.2) is 5.16 Å². The van der Waals surface area contributed by atoms with Gasteiger partial charge in [0, 0.05) is 30.9 Å². The van der Waals surface area contributed by atoms with Crippen molar-refractivity contribution in [1.82, 2.24) is 14.5 Å². The van der Waals surface area contributed by atoms with Crippen molar-refractivity contribution in [2.75, 3.05) is 17.6 Å². The predicted molar refractivity (Wildman–Crippen MR) is 143 cm³/mol. The van der Waals surface area contributed by atoms with Crippen LogP contribution in [0.5, 0.6) is 0 Å². The molecule has 0 unspecified atom stereocenters. The van der Waals surface area contributed by atoms with Gasteiger partial charge in [-0.15, -0.1) is 0 Å². The molecule has 0 bridgehead atoms. The van der Waals surface area contributed by atoms with Gasteiger partial charge in [-0.1, -0.05) is 49.0 Å². The average molecular weight is 481 g/mol. The molecule has 2 aromatic carbocycles. The minimum Gasteiger partial charge on any atom is -0.325 e. The molecule has 7 heteroatoms. The van der Waals surface area contributed by atoms with E-state index in [9.17, 15) is 9.59 Å². The summed E-state index contributed by atoms with van der Waals surface area (Å²) in [4.78, 5) is 33.3. The van der Waals surface area contributed by atoms with Crippen LogP contribution in [0, 0.1) is 6.92 Å². The van der Waals surface area contributed by atoms with Gasteiger partial charge in [0.25, 0.3) is 5.56 Å². The summed E-state index contributed by atoms with van der Waals surface area (Å²) in [6.45, 7) is 14.0. The highest BCUT2D eigenvalue weighted by Crippen LogP contribution is 2.23. The van der Waals surface area contributed by atoms with Crippen LogP contribution >= 0.6 is 11.8 Å². The topological polar surface area (TPSA) is 67.2 Å². The lowest BCUT2D eigenvalue weighted by Crippen LogP contribution is -2.40. The predicted octanol–water partition coefficient (Wildman–Crippen LogP) is 5.12. The Labute approximate surface area is 206 Å². The van der Waals surface area contributed by atoms with Gasteiger partial charge in [-0.05, 0) is 64.3 Å². The van der Waals surface area contributed by atoms with E-state index in [0.717, 1.165) is 29.8 Å². The summed E-state index contributed by atoms with van der Waals surface area (Å²) >= 11 is 1.31. The maximum absolute atomic E-state index is 13.4. The van der Waals surface area contributed by atoms with Crippen LogP contribution in [-0.2, 0) is 17.8 Å². The minimum absolute atomic E-state index is 0.0619. The zero-order valence-corrected chi connectivity index (χ0v) is 21.9. The number of rotatable bonds is 10. The number of amides is 1. The Balaban J connectivity index is 1.85. The molecule has 1 N–H and O–H groups in total. The highest BCUT2D eigenvalue weighted by atomic mass is 32.2. The van der Waals surface area contributed by atoms with Gasteiger partial charge >= 0.3 is 0 Å². The van der Waals surface area contributed by atoms with Crippen LogP contribution in [0.2, 0.25) is 0 Å². The molecule has 1 heterocycles. The molecule has 1 amide bonds. The molecule has 34 heavy (non-hydrogen) atoms. The molecule has 0 radical (unpaired) electrons. The Morgan fingerprint density at radius 2 is 1.79 bits per heavy atom. The zero-order chi connectivity index (χ0) is 24.8. The van der Waals surface area contributed by atoms with Crippen molar-refractivity contribution in [2.24, 2.45) is 0 Å². The number of carbonyl (C=O) groups is 1. The lowest BCUT2D eigenvalue weighted by molar-refractivity contribution is -0.113. The number of thioether (sulfide) groups is 1. The lowest BCUT2D eigenvalue weighted by atomic mass is 10.1. The number of aryl methyl sites for hydroxylation is 2. The highest BCUT2D eigenvalue weighted by molar-refractivity contribution is 7.99. The second-order valence-corrected chi connectivity index (χ2v) is 10.0. The van der Waals surface area contributed by atoms with Gasteiger partial charge in [-0.25, -0.2) is 4.98 Å². The first-order chi connectivity index (χ1) is 16.2. The van der Waals surface area contributed by atoms with Crippen LogP contribution in [0.4, 0.5) is 5.69 Å². The fraction of sp³-hybridized carbons (Fsp3) is 0.444. The Bertz CT molecular complexity index is 1190. The Morgan fingerprint density at radius 3 is 2.47 bits per heavy atom. The van der Waals surface area contributed by atoms with Crippen molar-refractivity contribution in [1.29, 1.82) is 0 Å². The molecule has 3 rings (SSSR count). The first-order valence-corrected chi connectivity index (χ1v) is 13.0. The number of carbonyl (C=O) groups excluding carboxylic acids is 1. The van der Waals surface area contributed by atoms with Crippen LogP contribution in [0.25, 0.3) is 10.9 Å². The van der Waals surface area contributed by atoms with Crippen molar-refractivity contribution < 1.29 is 4.79 Å².